The van der Waals surface area contributed by atoms with Gasteiger partial charge in [-0.25, -0.2) is 4.98 Å². The highest BCUT2D eigenvalue weighted by molar-refractivity contribution is 7.98. The number of fused-ring (bicyclic) bond motifs is 3. The fourth-order valence-corrected chi connectivity index (χ4v) is 6.33. The molecule has 5 rings (SSSR count). The predicted molar refractivity (Wildman–Crippen MR) is 133 cm³/mol. The molecule has 4 aromatic rings. The number of thioether (sulfide) groups is 1. The van der Waals surface area contributed by atoms with E-state index in [2.05, 4.69) is 0 Å². The number of non-ortho nitro benzene ring substituents is 1. The van der Waals surface area contributed by atoms with Crippen LogP contribution in [0, 0.1) is 10.1 Å². The highest BCUT2D eigenvalue weighted by Gasteiger charge is 2.26. The fourth-order valence-electron chi connectivity index (χ4n) is 4.10. The Morgan fingerprint density at radius 2 is 2.00 bits per heavy atom. The summed E-state index contributed by atoms with van der Waals surface area (Å²) < 4.78 is 1.62. The number of carbonyl (C=O) groups is 1. The van der Waals surface area contributed by atoms with E-state index in [1.807, 2.05) is 36.4 Å². The largest absolute Gasteiger partial charge is 0.337 e. The Morgan fingerprint density at radius 3 is 2.74 bits per heavy atom. The van der Waals surface area contributed by atoms with Crippen LogP contribution < -0.4 is 5.56 Å². The van der Waals surface area contributed by atoms with Crippen LogP contribution in [-0.4, -0.2) is 31.8 Å². The zero-order valence-corrected chi connectivity index (χ0v) is 19.9. The molecular formula is C24H20N4O4S2. The summed E-state index contributed by atoms with van der Waals surface area (Å²) in [6.07, 6.45) is 0.626. The van der Waals surface area contributed by atoms with E-state index in [9.17, 15) is 19.7 Å². The molecule has 8 nitrogen and oxygen atoms in total. The van der Waals surface area contributed by atoms with E-state index >= 15 is 0 Å². The zero-order valence-electron chi connectivity index (χ0n) is 18.3. The zero-order chi connectivity index (χ0) is 23.8. The number of para-hydroxylation sites is 1. The van der Waals surface area contributed by atoms with Gasteiger partial charge in [-0.3, -0.25) is 24.3 Å². The van der Waals surface area contributed by atoms with Gasteiger partial charge in [-0.2, -0.15) is 0 Å². The van der Waals surface area contributed by atoms with Crippen molar-refractivity contribution in [3.05, 3.63) is 91.1 Å². The van der Waals surface area contributed by atoms with E-state index in [4.69, 9.17) is 4.98 Å². The molecular weight excluding hydrogens is 472 g/mol. The number of hydrogen-bond acceptors (Lipinski definition) is 7. The van der Waals surface area contributed by atoms with Crippen LogP contribution in [0.5, 0.6) is 0 Å². The first-order valence-electron chi connectivity index (χ1n) is 10.7. The standard InChI is InChI=1S/C24H20N4O4S2/c1-15(29)26-11-10-19-20(13-26)34-22-21(19)23(30)27(17-7-3-2-4-8-17)24(25-22)33-14-16-6-5-9-18(12-16)28(31)32/h2-9,12H,10-11,13-14H2,1H3. The first kappa shape index (κ1) is 22.3. The van der Waals surface area contributed by atoms with Gasteiger partial charge in [0, 0.05) is 36.2 Å². The molecule has 0 N–H and O–H groups in total. The summed E-state index contributed by atoms with van der Waals surface area (Å²) >= 11 is 2.83. The Kier molecular flexibility index (Phi) is 5.93. The van der Waals surface area contributed by atoms with Gasteiger partial charge in [0.15, 0.2) is 5.16 Å². The molecule has 0 radical (unpaired) electrons. The van der Waals surface area contributed by atoms with Crippen molar-refractivity contribution in [1.29, 1.82) is 0 Å². The minimum atomic E-state index is -0.418. The molecule has 0 atom stereocenters. The molecule has 1 amide bonds. The van der Waals surface area contributed by atoms with E-state index < -0.39 is 4.92 Å². The molecule has 2 aromatic carbocycles. The van der Waals surface area contributed by atoms with Crippen LogP contribution in [0.1, 0.15) is 22.9 Å². The van der Waals surface area contributed by atoms with Gasteiger partial charge >= 0.3 is 0 Å². The SMILES string of the molecule is CC(=O)N1CCc2c(sc3nc(SCc4cccc([N+](=O)[O-])c4)n(-c4ccccc4)c(=O)c23)C1. The van der Waals surface area contributed by atoms with Crippen molar-refractivity contribution in [1.82, 2.24) is 14.5 Å². The average Bonchev–Trinajstić information content (AvgIpc) is 3.21. The van der Waals surface area contributed by atoms with Crippen LogP contribution in [-0.2, 0) is 23.5 Å². The normalized spacial score (nSPS) is 13.1. The summed E-state index contributed by atoms with van der Waals surface area (Å²) in [6.45, 7) is 2.64. The van der Waals surface area contributed by atoms with E-state index in [0.717, 1.165) is 16.0 Å². The Morgan fingerprint density at radius 1 is 1.21 bits per heavy atom. The van der Waals surface area contributed by atoms with Gasteiger partial charge in [0.2, 0.25) is 5.91 Å². The number of thiophene rings is 1. The lowest BCUT2D eigenvalue weighted by molar-refractivity contribution is -0.384. The second kappa shape index (κ2) is 9.03. The lowest BCUT2D eigenvalue weighted by Crippen LogP contribution is -2.34. The van der Waals surface area contributed by atoms with Crippen molar-refractivity contribution in [3.8, 4) is 5.69 Å². The molecule has 0 saturated carbocycles. The highest BCUT2D eigenvalue weighted by Crippen LogP contribution is 2.35. The number of nitrogens with zero attached hydrogens (tertiary/aromatic N) is 4. The third kappa shape index (κ3) is 4.10. The van der Waals surface area contributed by atoms with Crippen LogP contribution in [0.3, 0.4) is 0 Å². The molecule has 0 fully saturated rings. The molecule has 172 valence electrons. The number of hydrogen-bond donors (Lipinski definition) is 0. The topological polar surface area (TPSA) is 98.3 Å². The van der Waals surface area contributed by atoms with Crippen LogP contribution >= 0.6 is 23.1 Å². The molecule has 0 spiro atoms. The first-order chi connectivity index (χ1) is 16.4. The number of nitro groups is 1. The molecule has 0 bridgehead atoms. The monoisotopic (exact) mass is 492 g/mol. The molecule has 2 aromatic heterocycles. The van der Waals surface area contributed by atoms with E-state index in [-0.39, 0.29) is 17.2 Å². The van der Waals surface area contributed by atoms with Crippen molar-refractivity contribution in [2.24, 2.45) is 0 Å². The third-order valence-corrected chi connectivity index (χ3v) is 7.91. The summed E-state index contributed by atoms with van der Waals surface area (Å²) in [4.78, 5) is 44.7. The Bertz CT molecular complexity index is 1480. The first-order valence-corrected chi connectivity index (χ1v) is 12.5. The quantitative estimate of drug-likeness (QED) is 0.175. The lowest BCUT2D eigenvalue weighted by atomic mass is 10.1. The molecule has 0 aliphatic carbocycles. The maximum absolute atomic E-state index is 13.8. The lowest BCUT2D eigenvalue weighted by Gasteiger charge is -2.25. The van der Waals surface area contributed by atoms with Gasteiger partial charge in [0.05, 0.1) is 22.5 Å². The third-order valence-electron chi connectivity index (χ3n) is 5.79. The van der Waals surface area contributed by atoms with Crippen molar-refractivity contribution < 1.29 is 9.72 Å². The number of aromatic nitrogens is 2. The Hall–Kier alpha value is -3.50. The molecule has 1 aliphatic heterocycles. The maximum Gasteiger partial charge on any atom is 0.269 e. The summed E-state index contributed by atoms with van der Waals surface area (Å²) in [6, 6.07) is 15.8. The smallest absolute Gasteiger partial charge is 0.269 e. The van der Waals surface area contributed by atoms with Crippen LogP contribution in [0.4, 0.5) is 5.69 Å². The van der Waals surface area contributed by atoms with Crippen LogP contribution in [0.25, 0.3) is 15.9 Å². The minimum absolute atomic E-state index is 0.0194. The highest BCUT2D eigenvalue weighted by atomic mass is 32.2. The fraction of sp³-hybridized carbons (Fsp3) is 0.208. The van der Waals surface area contributed by atoms with Crippen molar-refractivity contribution in [2.45, 2.75) is 30.8 Å². The Balaban J connectivity index is 1.60. The number of carbonyl (C=O) groups excluding carboxylic acids is 1. The van der Waals surface area contributed by atoms with E-state index in [1.165, 1.54) is 35.2 Å². The van der Waals surface area contributed by atoms with Gasteiger partial charge in [-0.1, -0.05) is 42.1 Å². The second-order valence-corrected chi connectivity index (χ2v) is 9.99. The molecule has 0 unspecified atom stereocenters. The summed E-state index contributed by atoms with van der Waals surface area (Å²) in [5.41, 5.74) is 2.37. The second-order valence-electron chi connectivity index (χ2n) is 7.96. The average molecular weight is 493 g/mol. The van der Waals surface area contributed by atoms with Crippen LogP contribution in [0.15, 0.2) is 64.5 Å². The van der Waals surface area contributed by atoms with Crippen molar-refractivity contribution in [3.63, 3.8) is 0 Å². The number of benzene rings is 2. The molecule has 3 heterocycles. The summed E-state index contributed by atoms with van der Waals surface area (Å²) in [5, 5.41) is 12.3. The summed E-state index contributed by atoms with van der Waals surface area (Å²) in [7, 11) is 0. The number of amides is 1. The van der Waals surface area contributed by atoms with Gasteiger partial charge in [-0.15, -0.1) is 11.3 Å². The molecule has 1 aliphatic rings. The molecule has 34 heavy (non-hydrogen) atoms. The van der Waals surface area contributed by atoms with E-state index in [1.54, 1.807) is 22.5 Å². The van der Waals surface area contributed by atoms with Gasteiger partial charge in [0.25, 0.3) is 11.2 Å². The van der Waals surface area contributed by atoms with Crippen molar-refractivity contribution in [2.75, 3.05) is 6.54 Å². The minimum Gasteiger partial charge on any atom is -0.337 e. The van der Waals surface area contributed by atoms with Crippen LogP contribution in [0.2, 0.25) is 0 Å². The van der Waals surface area contributed by atoms with E-state index in [0.29, 0.717) is 46.3 Å². The molecule has 10 heteroatoms. The number of nitro benzene ring substituents is 1. The maximum atomic E-state index is 13.8. The number of rotatable bonds is 5. The molecule has 0 saturated heterocycles. The van der Waals surface area contributed by atoms with Gasteiger partial charge < -0.3 is 4.90 Å². The van der Waals surface area contributed by atoms with Crippen molar-refractivity contribution >= 4 is 44.9 Å². The summed E-state index contributed by atoms with van der Waals surface area (Å²) in [5.74, 6) is 0.446. The van der Waals surface area contributed by atoms with Gasteiger partial charge in [-0.05, 0) is 29.7 Å². The van der Waals surface area contributed by atoms with Gasteiger partial charge in [0.1, 0.15) is 4.83 Å². The predicted octanol–water partition coefficient (Wildman–Crippen LogP) is 4.55. The Labute approximate surface area is 203 Å².